The molecule has 1 rings (SSSR count). The molecule has 0 radical (unpaired) electrons. The molecule has 0 aromatic heterocycles. The van der Waals surface area contributed by atoms with Gasteiger partial charge in [0.2, 0.25) is 0 Å². The van der Waals surface area contributed by atoms with Gasteiger partial charge in [-0.25, -0.2) is 4.39 Å². The predicted molar refractivity (Wildman–Crippen MR) is 44.1 cm³/mol. The van der Waals surface area contributed by atoms with Crippen LogP contribution in [0.25, 0.3) is 0 Å². The fraction of sp³-hybridized carbons (Fsp3) is 0.222. The average Bonchev–Trinajstić information content (AvgIpc) is 2.15. The van der Waals surface area contributed by atoms with Gasteiger partial charge in [0, 0.05) is 5.56 Å². The highest BCUT2D eigenvalue weighted by Gasteiger charge is 2.39. The maximum Gasteiger partial charge on any atom is 0.407 e. The van der Waals surface area contributed by atoms with E-state index in [9.17, 15) is 17.6 Å². The van der Waals surface area contributed by atoms with E-state index >= 15 is 0 Å². The van der Waals surface area contributed by atoms with Crippen molar-refractivity contribution < 1.29 is 17.6 Å². The molecule has 0 bridgehead atoms. The minimum Gasteiger partial charge on any atom is -0.316 e. The number of nitrogens with zero attached hydrogens (tertiary/aromatic N) is 1. The SMILES string of the molecule is N#Cc1ccc([C@H](N)C(F)(F)F)c(F)c1. The minimum atomic E-state index is -4.70. The molecule has 80 valence electrons. The van der Waals surface area contributed by atoms with Crippen molar-refractivity contribution in [1.29, 1.82) is 5.26 Å². The van der Waals surface area contributed by atoms with Gasteiger partial charge in [-0.05, 0) is 12.1 Å². The number of rotatable bonds is 1. The molecule has 0 aliphatic carbocycles. The summed E-state index contributed by atoms with van der Waals surface area (Å²) in [5.41, 5.74) is 4.10. The smallest absolute Gasteiger partial charge is 0.316 e. The van der Waals surface area contributed by atoms with Crippen LogP contribution in [0.1, 0.15) is 17.2 Å². The van der Waals surface area contributed by atoms with E-state index in [1.54, 1.807) is 6.07 Å². The summed E-state index contributed by atoms with van der Waals surface area (Å²) in [6.07, 6.45) is -4.70. The first-order valence-electron chi connectivity index (χ1n) is 3.88. The molecule has 2 nitrogen and oxygen atoms in total. The number of halogens is 4. The van der Waals surface area contributed by atoms with E-state index < -0.39 is 23.6 Å². The third-order valence-electron chi connectivity index (χ3n) is 1.82. The molecule has 0 saturated carbocycles. The lowest BCUT2D eigenvalue weighted by Crippen LogP contribution is -2.29. The second-order valence-corrected chi connectivity index (χ2v) is 2.87. The second-order valence-electron chi connectivity index (χ2n) is 2.87. The Balaban J connectivity index is 3.13. The number of benzene rings is 1. The Labute approximate surface area is 82.9 Å². The number of hydrogen-bond acceptors (Lipinski definition) is 2. The number of nitriles is 1. The van der Waals surface area contributed by atoms with Crippen molar-refractivity contribution in [3.8, 4) is 6.07 Å². The fourth-order valence-corrected chi connectivity index (χ4v) is 1.03. The van der Waals surface area contributed by atoms with E-state index in [-0.39, 0.29) is 5.56 Å². The van der Waals surface area contributed by atoms with Crippen LogP contribution in [-0.4, -0.2) is 6.18 Å². The van der Waals surface area contributed by atoms with E-state index in [1.807, 2.05) is 0 Å². The Morgan fingerprint density at radius 1 is 1.33 bits per heavy atom. The third-order valence-corrected chi connectivity index (χ3v) is 1.82. The van der Waals surface area contributed by atoms with Crippen molar-refractivity contribution in [2.24, 2.45) is 5.73 Å². The largest absolute Gasteiger partial charge is 0.407 e. The summed E-state index contributed by atoms with van der Waals surface area (Å²) in [6.45, 7) is 0. The highest BCUT2D eigenvalue weighted by atomic mass is 19.4. The van der Waals surface area contributed by atoms with Gasteiger partial charge in [-0.3, -0.25) is 0 Å². The maximum absolute atomic E-state index is 13.1. The van der Waals surface area contributed by atoms with Gasteiger partial charge in [-0.15, -0.1) is 0 Å². The molecular formula is C9H6F4N2. The molecule has 1 aromatic carbocycles. The van der Waals surface area contributed by atoms with Crippen molar-refractivity contribution >= 4 is 0 Å². The molecule has 0 amide bonds. The molecule has 0 aliphatic heterocycles. The van der Waals surface area contributed by atoms with Crippen molar-refractivity contribution in [2.75, 3.05) is 0 Å². The quantitative estimate of drug-likeness (QED) is 0.735. The lowest BCUT2D eigenvalue weighted by Gasteiger charge is -2.16. The molecule has 15 heavy (non-hydrogen) atoms. The normalized spacial score (nSPS) is 13.3. The van der Waals surface area contributed by atoms with Gasteiger partial charge < -0.3 is 5.73 Å². The third kappa shape index (κ3) is 2.44. The standard InChI is InChI=1S/C9H6F4N2/c10-7-3-5(4-14)1-2-6(7)8(15)9(11,12)13/h1-3,8H,15H2/t8-/m0/s1. The Morgan fingerprint density at radius 3 is 2.33 bits per heavy atom. The van der Waals surface area contributed by atoms with Crippen LogP contribution < -0.4 is 5.73 Å². The summed E-state index contributed by atoms with van der Waals surface area (Å²) in [5.74, 6) is -1.13. The van der Waals surface area contributed by atoms with Gasteiger partial charge in [0.25, 0.3) is 0 Å². The molecule has 0 aliphatic rings. The summed E-state index contributed by atoms with van der Waals surface area (Å²) in [6, 6.07) is 1.92. The Kier molecular flexibility index (Phi) is 2.95. The van der Waals surface area contributed by atoms with Crippen molar-refractivity contribution in [3.63, 3.8) is 0 Å². The van der Waals surface area contributed by atoms with Gasteiger partial charge in [-0.1, -0.05) is 6.07 Å². The van der Waals surface area contributed by atoms with Gasteiger partial charge in [0.15, 0.2) is 0 Å². The van der Waals surface area contributed by atoms with Crippen LogP contribution in [0, 0.1) is 17.1 Å². The monoisotopic (exact) mass is 218 g/mol. The van der Waals surface area contributed by atoms with Gasteiger partial charge >= 0.3 is 6.18 Å². The number of nitrogens with two attached hydrogens (primary N) is 1. The number of hydrogen-bond donors (Lipinski definition) is 1. The summed E-state index contributed by atoms with van der Waals surface area (Å²) in [4.78, 5) is 0. The van der Waals surface area contributed by atoms with E-state index in [0.717, 1.165) is 18.2 Å². The van der Waals surface area contributed by atoms with Crippen LogP contribution in [0.5, 0.6) is 0 Å². The van der Waals surface area contributed by atoms with E-state index in [1.165, 1.54) is 0 Å². The van der Waals surface area contributed by atoms with Crippen LogP contribution in [-0.2, 0) is 0 Å². The average molecular weight is 218 g/mol. The molecule has 0 heterocycles. The fourth-order valence-electron chi connectivity index (χ4n) is 1.03. The molecule has 1 aromatic rings. The molecule has 6 heteroatoms. The summed E-state index contributed by atoms with van der Waals surface area (Å²) in [5, 5.41) is 8.38. The van der Waals surface area contributed by atoms with Gasteiger partial charge in [-0.2, -0.15) is 18.4 Å². The van der Waals surface area contributed by atoms with Gasteiger partial charge in [0.05, 0.1) is 11.6 Å². The van der Waals surface area contributed by atoms with Crippen LogP contribution in [0.3, 0.4) is 0 Å². The molecule has 0 fully saturated rings. The van der Waals surface area contributed by atoms with Crippen LogP contribution in [0.4, 0.5) is 17.6 Å². The second kappa shape index (κ2) is 3.87. The molecule has 0 unspecified atom stereocenters. The lowest BCUT2D eigenvalue weighted by molar-refractivity contribution is -0.149. The maximum atomic E-state index is 13.1. The van der Waals surface area contributed by atoms with Crippen LogP contribution in [0.2, 0.25) is 0 Å². The Hall–Kier alpha value is -1.61. The molecule has 0 saturated heterocycles. The van der Waals surface area contributed by atoms with Crippen molar-refractivity contribution in [3.05, 3.63) is 35.1 Å². The molecule has 2 N–H and O–H groups in total. The van der Waals surface area contributed by atoms with Crippen LogP contribution >= 0.6 is 0 Å². The molecular weight excluding hydrogens is 212 g/mol. The Bertz CT molecular complexity index is 406. The topological polar surface area (TPSA) is 49.8 Å². The number of alkyl halides is 3. The summed E-state index contributed by atoms with van der Waals surface area (Å²) >= 11 is 0. The zero-order chi connectivity index (χ0) is 11.6. The van der Waals surface area contributed by atoms with E-state index in [0.29, 0.717) is 0 Å². The predicted octanol–water partition coefficient (Wildman–Crippen LogP) is 2.26. The highest BCUT2D eigenvalue weighted by Crippen LogP contribution is 2.31. The minimum absolute atomic E-state index is 0.0503. The zero-order valence-corrected chi connectivity index (χ0v) is 7.35. The molecule has 0 spiro atoms. The van der Waals surface area contributed by atoms with Crippen molar-refractivity contribution in [1.82, 2.24) is 0 Å². The highest BCUT2D eigenvalue weighted by molar-refractivity contribution is 5.34. The Morgan fingerprint density at radius 2 is 1.93 bits per heavy atom. The zero-order valence-electron chi connectivity index (χ0n) is 7.35. The first-order chi connectivity index (χ1) is 6.86. The van der Waals surface area contributed by atoms with Crippen molar-refractivity contribution in [2.45, 2.75) is 12.2 Å². The van der Waals surface area contributed by atoms with Crippen LogP contribution in [0.15, 0.2) is 18.2 Å². The first-order valence-corrected chi connectivity index (χ1v) is 3.88. The lowest BCUT2D eigenvalue weighted by atomic mass is 10.0. The summed E-state index contributed by atoms with van der Waals surface area (Å²) < 4.78 is 49.5. The van der Waals surface area contributed by atoms with E-state index in [2.05, 4.69) is 0 Å². The summed E-state index contributed by atoms with van der Waals surface area (Å²) in [7, 11) is 0. The molecule has 1 atom stereocenters. The van der Waals surface area contributed by atoms with E-state index in [4.69, 9.17) is 11.0 Å². The van der Waals surface area contributed by atoms with Gasteiger partial charge in [0.1, 0.15) is 11.9 Å². The first kappa shape index (κ1) is 11.5.